The summed E-state index contributed by atoms with van der Waals surface area (Å²) in [5, 5.41) is 13.3. The first-order chi connectivity index (χ1) is 10.1. The van der Waals surface area contributed by atoms with Gasteiger partial charge in [-0.2, -0.15) is 0 Å². The van der Waals surface area contributed by atoms with Crippen LogP contribution in [0.25, 0.3) is 0 Å². The second-order valence-corrected chi connectivity index (χ2v) is 7.06. The molecule has 0 aliphatic heterocycles. The molecule has 0 saturated heterocycles. The fourth-order valence-corrected chi connectivity index (χ4v) is 3.31. The summed E-state index contributed by atoms with van der Waals surface area (Å²) >= 11 is 3.46. The molecule has 0 heterocycles. The molecule has 1 fully saturated rings. The van der Waals surface area contributed by atoms with E-state index < -0.39 is 6.10 Å². The molecule has 2 rings (SSSR count). The van der Waals surface area contributed by atoms with Gasteiger partial charge in [0.1, 0.15) is 0 Å². The van der Waals surface area contributed by atoms with Gasteiger partial charge in [0.25, 0.3) is 0 Å². The first-order valence-corrected chi connectivity index (χ1v) is 8.67. The standard InChI is InChI=1S/C17H26BrNO2/c1-13-4-2-7-17(8-13)21-12-16(20)11-19-10-14-5-3-6-15(18)9-14/h3,5-6,9,13,16-17,19-20H,2,4,7-8,10-12H2,1H3. The molecule has 1 aliphatic carbocycles. The predicted octanol–water partition coefficient (Wildman–Crippen LogP) is 3.49. The van der Waals surface area contributed by atoms with E-state index in [0.717, 1.165) is 29.8 Å². The lowest BCUT2D eigenvalue weighted by atomic mass is 9.89. The van der Waals surface area contributed by atoms with Crippen molar-refractivity contribution in [2.45, 2.75) is 51.4 Å². The van der Waals surface area contributed by atoms with Crippen LogP contribution in [0, 0.1) is 5.92 Å². The smallest absolute Gasteiger partial charge is 0.0897 e. The Kier molecular flexibility index (Phi) is 7.17. The Labute approximate surface area is 136 Å². The van der Waals surface area contributed by atoms with Crippen molar-refractivity contribution < 1.29 is 9.84 Å². The van der Waals surface area contributed by atoms with Crippen LogP contribution in [0.5, 0.6) is 0 Å². The van der Waals surface area contributed by atoms with Crippen LogP contribution in [0.1, 0.15) is 38.2 Å². The highest BCUT2D eigenvalue weighted by molar-refractivity contribution is 9.10. The van der Waals surface area contributed by atoms with Gasteiger partial charge in [-0.3, -0.25) is 0 Å². The summed E-state index contributed by atoms with van der Waals surface area (Å²) in [6.45, 7) is 4.04. The maximum Gasteiger partial charge on any atom is 0.0897 e. The van der Waals surface area contributed by atoms with Gasteiger partial charge in [0.05, 0.1) is 18.8 Å². The second kappa shape index (κ2) is 8.89. The van der Waals surface area contributed by atoms with Crippen LogP contribution in [-0.2, 0) is 11.3 Å². The number of hydrogen-bond acceptors (Lipinski definition) is 3. The molecule has 4 heteroatoms. The van der Waals surface area contributed by atoms with Crippen molar-refractivity contribution in [2.75, 3.05) is 13.2 Å². The molecule has 118 valence electrons. The SMILES string of the molecule is CC1CCCC(OCC(O)CNCc2cccc(Br)c2)C1. The number of rotatable bonds is 7. The fraction of sp³-hybridized carbons (Fsp3) is 0.647. The Balaban J connectivity index is 1.60. The Bertz CT molecular complexity index is 427. The molecular formula is C17H26BrNO2. The van der Waals surface area contributed by atoms with Gasteiger partial charge in [-0.25, -0.2) is 0 Å². The van der Waals surface area contributed by atoms with E-state index in [0.29, 0.717) is 19.3 Å². The topological polar surface area (TPSA) is 41.5 Å². The van der Waals surface area contributed by atoms with Gasteiger partial charge in [-0.1, -0.05) is 47.8 Å². The summed E-state index contributed by atoms with van der Waals surface area (Å²) in [6, 6.07) is 8.19. The van der Waals surface area contributed by atoms with Crippen LogP contribution < -0.4 is 5.32 Å². The first kappa shape index (κ1) is 16.9. The minimum atomic E-state index is -0.436. The number of hydrogen-bond donors (Lipinski definition) is 2. The molecule has 1 saturated carbocycles. The summed E-state index contributed by atoms with van der Waals surface area (Å²) in [4.78, 5) is 0. The molecule has 1 aromatic carbocycles. The maximum absolute atomic E-state index is 9.98. The Morgan fingerprint density at radius 1 is 1.43 bits per heavy atom. The number of aliphatic hydroxyl groups excluding tert-OH is 1. The van der Waals surface area contributed by atoms with E-state index in [1.54, 1.807) is 0 Å². The average Bonchev–Trinajstić information content (AvgIpc) is 2.45. The van der Waals surface area contributed by atoms with E-state index in [2.05, 4.69) is 40.3 Å². The lowest BCUT2D eigenvalue weighted by Crippen LogP contribution is -2.33. The number of halogens is 1. The summed E-state index contributed by atoms with van der Waals surface area (Å²) < 4.78 is 6.92. The maximum atomic E-state index is 9.98. The molecule has 21 heavy (non-hydrogen) atoms. The third-order valence-electron chi connectivity index (χ3n) is 4.01. The highest BCUT2D eigenvalue weighted by atomic mass is 79.9. The molecule has 1 aromatic rings. The van der Waals surface area contributed by atoms with Gasteiger partial charge < -0.3 is 15.2 Å². The van der Waals surface area contributed by atoms with Crippen molar-refractivity contribution >= 4 is 15.9 Å². The minimum absolute atomic E-state index is 0.341. The minimum Gasteiger partial charge on any atom is -0.389 e. The molecule has 3 unspecified atom stereocenters. The van der Waals surface area contributed by atoms with Crippen LogP contribution in [0.4, 0.5) is 0 Å². The molecule has 0 aromatic heterocycles. The second-order valence-electron chi connectivity index (χ2n) is 6.14. The van der Waals surface area contributed by atoms with Gasteiger partial charge in [-0.05, 0) is 36.5 Å². The molecule has 3 atom stereocenters. The van der Waals surface area contributed by atoms with Gasteiger partial charge in [0.15, 0.2) is 0 Å². The van der Waals surface area contributed by atoms with Crippen molar-refractivity contribution in [2.24, 2.45) is 5.92 Å². The van der Waals surface area contributed by atoms with E-state index in [9.17, 15) is 5.11 Å². The zero-order valence-electron chi connectivity index (χ0n) is 12.7. The van der Waals surface area contributed by atoms with Crippen LogP contribution >= 0.6 is 15.9 Å². The summed E-state index contributed by atoms with van der Waals surface area (Å²) in [7, 11) is 0. The number of nitrogens with one attached hydrogen (secondary N) is 1. The van der Waals surface area contributed by atoms with Gasteiger partial charge in [0, 0.05) is 17.6 Å². The Morgan fingerprint density at radius 2 is 2.29 bits per heavy atom. The van der Waals surface area contributed by atoms with Crippen LogP contribution in [-0.4, -0.2) is 30.5 Å². The largest absolute Gasteiger partial charge is 0.389 e. The van der Waals surface area contributed by atoms with Crippen molar-refractivity contribution in [3.63, 3.8) is 0 Å². The highest BCUT2D eigenvalue weighted by Crippen LogP contribution is 2.25. The predicted molar refractivity (Wildman–Crippen MR) is 89.2 cm³/mol. The van der Waals surface area contributed by atoms with E-state index >= 15 is 0 Å². The molecule has 3 nitrogen and oxygen atoms in total. The van der Waals surface area contributed by atoms with Crippen LogP contribution in [0.3, 0.4) is 0 Å². The van der Waals surface area contributed by atoms with E-state index in [4.69, 9.17) is 4.74 Å². The van der Waals surface area contributed by atoms with E-state index in [1.807, 2.05) is 12.1 Å². The molecule has 0 amide bonds. The third-order valence-corrected chi connectivity index (χ3v) is 4.50. The lowest BCUT2D eigenvalue weighted by molar-refractivity contribution is -0.0306. The van der Waals surface area contributed by atoms with E-state index in [-0.39, 0.29) is 0 Å². The lowest BCUT2D eigenvalue weighted by Gasteiger charge is -2.27. The highest BCUT2D eigenvalue weighted by Gasteiger charge is 2.20. The van der Waals surface area contributed by atoms with Gasteiger partial charge >= 0.3 is 0 Å². The van der Waals surface area contributed by atoms with Crippen LogP contribution in [0.2, 0.25) is 0 Å². The number of aliphatic hydroxyl groups is 1. The van der Waals surface area contributed by atoms with Gasteiger partial charge in [-0.15, -0.1) is 0 Å². The Morgan fingerprint density at radius 3 is 3.05 bits per heavy atom. The zero-order chi connectivity index (χ0) is 15.1. The van der Waals surface area contributed by atoms with Crippen molar-refractivity contribution in [1.29, 1.82) is 0 Å². The molecular weight excluding hydrogens is 330 g/mol. The number of benzene rings is 1. The molecule has 0 radical (unpaired) electrons. The molecule has 0 bridgehead atoms. The average molecular weight is 356 g/mol. The summed E-state index contributed by atoms with van der Waals surface area (Å²) in [5.41, 5.74) is 1.21. The van der Waals surface area contributed by atoms with Crippen LogP contribution in [0.15, 0.2) is 28.7 Å². The number of ether oxygens (including phenoxy) is 1. The normalized spacial score (nSPS) is 24.0. The third kappa shape index (κ3) is 6.47. The monoisotopic (exact) mass is 355 g/mol. The summed E-state index contributed by atoms with van der Waals surface area (Å²) in [5.74, 6) is 0.760. The molecule has 1 aliphatic rings. The molecule has 2 N–H and O–H groups in total. The van der Waals surface area contributed by atoms with Crippen molar-refractivity contribution in [3.8, 4) is 0 Å². The Hall–Kier alpha value is -0.420. The van der Waals surface area contributed by atoms with Gasteiger partial charge in [0.2, 0.25) is 0 Å². The van der Waals surface area contributed by atoms with Crippen molar-refractivity contribution in [3.05, 3.63) is 34.3 Å². The summed E-state index contributed by atoms with van der Waals surface area (Å²) in [6.07, 6.45) is 4.75. The van der Waals surface area contributed by atoms with Crippen molar-refractivity contribution in [1.82, 2.24) is 5.32 Å². The fourth-order valence-electron chi connectivity index (χ4n) is 2.87. The quantitative estimate of drug-likeness (QED) is 0.786. The molecule has 0 spiro atoms. The first-order valence-electron chi connectivity index (χ1n) is 7.88. The van der Waals surface area contributed by atoms with E-state index in [1.165, 1.54) is 18.4 Å². The zero-order valence-corrected chi connectivity index (χ0v) is 14.3.